The number of carbonyl (C=O) groups is 2. The van der Waals surface area contributed by atoms with Gasteiger partial charge in [-0.15, -0.1) is 30.0 Å². The molecule has 2 heterocycles. The lowest BCUT2D eigenvalue weighted by Gasteiger charge is -2.06. The zero-order valence-electron chi connectivity index (χ0n) is 24.9. The molecule has 0 aliphatic heterocycles. The maximum absolute atomic E-state index is 12.4. The number of aromatic hydroxyl groups is 2. The highest BCUT2D eigenvalue weighted by molar-refractivity contribution is 5.90. The summed E-state index contributed by atoms with van der Waals surface area (Å²) in [5, 5.41) is 38.4. The van der Waals surface area contributed by atoms with Gasteiger partial charge < -0.3 is 19.7 Å². The van der Waals surface area contributed by atoms with Gasteiger partial charge in [0, 0.05) is 24.3 Å². The summed E-state index contributed by atoms with van der Waals surface area (Å²) < 4.78 is 10.7. The van der Waals surface area contributed by atoms with Crippen LogP contribution in [0.4, 0.5) is 0 Å². The second-order valence-electron chi connectivity index (χ2n) is 10.4. The quantitative estimate of drug-likeness (QED) is 0.119. The average molecular weight is 637 g/mol. The molecule has 0 radical (unpaired) electrons. The molecule has 0 atom stereocenters. The van der Waals surface area contributed by atoms with Gasteiger partial charge in [0.05, 0.1) is 0 Å². The molecule has 0 unspecified atom stereocenters. The van der Waals surface area contributed by atoms with E-state index in [0.717, 1.165) is 11.1 Å². The van der Waals surface area contributed by atoms with Crippen molar-refractivity contribution in [3.63, 3.8) is 0 Å². The van der Waals surface area contributed by atoms with E-state index in [2.05, 4.69) is 20.4 Å². The smallest absolute Gasteiger partial charge is 0.336 e. The first-order valence-corrected chi connectivity index (χ1v) is 14.6. The van der Waals surface area contributed by atoms with Gasteiger partial charge in [0.1, 0.15) is 56.4 Å². The molecule has 0 bridgehead atoms. The summed E-state index contributed by atoms with van der Waals surface area (Å²) in [6, 6.07) is 30.6. The van der Waals surface area contributed by atoms with E-state index in [1.165, 1.54) is 33.9 Å². The molecule has 0 saturated carbocycles. The molecule has 48 heavy (non-hydrogen) atoms. The molecule has 0 aliphatic carbocycles. The van der Waals surface area contributed by atoms with Gasteiger partial charge >= 0.3 is 11.9 Å². The van der Waals surface area contributed by atoms with Crippen molar-refractivity contribution in [1.82, 2.24) is 30.0 Å². The second-order valence-corrected chi connectivity index (χ2v) is 10.4. The monoisotopic (exact) mass is 636 g/mol. The fourth-order valence-electron chi connectivity index (χ4n) is 4.75. The Kier molecular flexibility index (Phi) is 7.86. The number of carbonyl (C=O) groups excluding carboxylic acids is 2. The van der Waals surface area contributed by atoms with Gasteiger partial charge in [-0.2, -0.15) is 0 Å². The first-order chi connectivity index (χ1) is 23.4. The van der Waals surface area contributed by atoms with Gasteiger partial charge in [-0.05, 0) is 71.8 Å². The number of fused-ring (bicyclic) bond motifs is 2. The normalized spacial score (nSPS) is 11.5. The predicted molar refractivity (Wildman–Crippen MR) is 177 cm³/mol. The molecule has 2 N–H and O–H groups in total. The van der Waals surface area contributed by atoms with Crippen molar-refractivity contribution in [2.45, 2.75) is 0 Å². The van der Waals surface area contributed by atoms with Crippen LogP contribution in [0.2, 0.25) is 0 Å². The lowest BCUT2D eigenvalue weighted by atomic mass is 10.1. The molecular weight excluding hydrogens is 612 g/mol. The van der Waals surface area contributed by atoms with Crippen LogP contribution in [0.25, 0.3) is 45.6 Å². The molecule has 5 aromatic carbocycles. The number of nitrogens with zero attached hydrogens (tertiary/aromatic N) is 6. The summed E-state index contributed by atoms with van der Waals surface area (Å²) in [5.74, 6) is -1.25. The highest BCUT2D eigenvalue weighted by Gasteiger charge is 2.13. The predicted octanol–water partition coefficient (Wildman–Crippen LogP) is 5.80. The Bertz CT molecular complexity index is 2140. The zero-order valence-corrected chi connectivity index (χ0v) is 24.9. The SMILES string of the molecule is O=C(C=Cc1ccc(C=CC(=O)Oc2ccc(-n3nc4ccccc4n3)c(O)c2)cc1)Oc1ccc(-n2nc3ccccc3n2)c(O)c1. The number of benzene rings is 5. The Morgan fingerprint density at radius 3 is 1.21 bits per heavy atom. The number of rotatable bonds is 8. The van der Waals surface area contributed by atoms with Crippen molar-refractivity contribution in [3.05, 3.63) is 132 Å². The zero-order chi connectivity index (χ0) is 33.0. The fraction of sp³-hybridized carbons (Fsp3) is 0. The van der Waals surface area contributed by atoms with Gasteiger partial charge in [-0.1, -0.05) is 48.5 Å². The molecule has 2 aromatic heterocycles. The molecule has 0 spiro atoms. The van der Waals surface area contributed by atoms with Crippen molar-refractivity contribution in [2.75, 3.05) is 0 Å². The number of phenolic OH excluding ortho intramolecular Hbond substituents is 2. The third kappa shape index (κ3) is 6.48. The molecule has 0 saturated heterocycles. The first kappa shape index (κ1) is 29.6. The van der Waals surface area contributed by atoms with Crippen molar-refractivity contribution >= 4 is 46.2 Å². The van der Waals surface area contributed by atoms with Crippen molar-refractivity contribution in [3.8, 4) is 34.4 Å². The van der Waals surface area contributed by atoms with E-state index in [9.17, 15) is 19.8 Å². The number of phenols is 2. The van der Waals surface area contributed by atoms with Crippen LogP contribution in [0.3, 0.4) is 0 Å². The number of aromatic nitrogens is 6. The molecule has 0 aliphatic rings. The minimum Gasteiger partial charge on any atom is -0.505 e. The first-order valence-electron chi connectivity index (χ1n) is 14.6. The Hall–Kier alpha value is -7.08. The Balaban J connectivity index is 0.923. The number of hydrogen-bond donors (Lipinski definition) is 2. The summed E-state index contributed by atoms with van der Waals surface area (Å²) in [6.07, 6.45) is 5.69. The van der Waals surface area contributed by atoms with Crippen LogP contribution in [-0.2, 0) is 9.59 Å². The van der Waals surface area contributed by atoms with E-state index < -0.39 is 11.9 Å². The standard InChI is InChI=1S/C36H24N6O6/c43-33-21-25(15-17-31(33)41-37-27-5-1-2-6-28(27)38-41)47-35(45)19-13-23-9-11-24(12-10-23)14-20-36(46)48-26-16-18-32(34(44)22-26)42-39-29-7-3-4-8-30(29)40-42/h1-22,43-44H. The molecular formula is C36H24N6O6. The Labute approximate surface area is 272 Å². The van der Waals surface area contributed by atoms with E-state index in [0.29, 0.717) is 33.4 Å². The number of ether oxygens (including phenoxy) is 2. The number of hydrogen-bond acceptors (Lipinski definition) is 10. The second kappa shape index (κ2) is 12.7. The van der Waals surface area contributed by atoms with E-state index in [1.54, 1.807) is 60.7 Å². The van der Waals surface area contributed by atoms with Crippen LogP contribution in [0.15, 0.2) is 121 Å². The maximum atomic E-state index is 12.4. The lowest BCUT2D eigenvalue weighted by Crippen LogP contribution is -2.05. The van der Waals surface area contributed by atoms with Crippen LogP contribution >= 0.6 is 0 Å². The van der Waals surface area contributed by atoms with E-state index >= 15 is 0 Å². The van der Waals surface area contributed by atoms with Crippen LogP contribution in [-0.4, -0.2) is 52.1 Å². The summed E-state index contributed by atoms with van der Waals surface area (Å²) >= 11 is 0. The van der Waals surface area contributed by atoms with Gasteiger partial charge in [0.25, 0.3) is 0 Å². The third-order valence-electron chi connectivity index (χ3n) is 7.10. The van der Waals surface area contributed by atoms with Crippen LogP contribution in [0.1, 0.15) is 11.1 Å². The van der Waals surface area contributed by atoms with Crippen LogP contribution < -0.4 is 9.47 Å². The van der Waals surface area contributed by atoms with Crippen LogP contribution in [0, 0.1) is 0 Å². The lowest BCUT2D eigenvalue weighted by molar-refractivity contribution is -0.129. The summed E-state index contributed by atoms with van der Waals surface area (Å²) in [5.41, 5.74) is 4.86. The molecule has 0 amide bonds. The van der Waals surface area contributed by atoms with Gasteiger partial charge in [-0.3, -0.25) is 0 Å². The maximum Gasteiger partial charge on any atom is 0.336 e. The minimum absolute atomic E-state index is 0.148. The van der Waals surface area contributed by atoms with Gasteiger partial charge in [-0.25, -0.2) is 9.59 Å². The average Bonchev–Trinajstić information content (AvgIpc) is 3.71. The summed E-state index contributed by atoms with van der Waals surface area (Å²) in [4.78, 5) is 27.5. The molecule has 7 aromatic rings. The number of esters is 2. The molecule has 0 fully saturated rings. The van der Waals surface area contributed by atoms with E-state index in [4.69, 9.17) is 9.47 Å². The van der Waals surface area contributed by atoms with Gasteiger partial charge in [0.15, 0.2) is 0 Å². The fourth-order valence-corrected chi connectivity index (χ4v) is 4.75. The van der Waals surface area contributed by atoms with Crippen molar-refractivity contribution in [1.29, 1.82) is 0 Å². The molecule has 234 valence electrons. The summed E-state index contributed by atoms with van der Waals surface area (Å²) in [6.45, 7) is 0. The molecule has 12 nitrogen and oxygen atoms in total. The highest BCUT2D eigenvalue weighted by atomic mass is 16.5. The molecule has 12 heteroatoms. The third-order valence-corrected chi connectivity index (χ3v) is 7.10. The summed E-state index contributed by atoms with van der Waals surface area (Å²) in [7, 11) is 0. The van der Waals surface area contributed by atoms with E-state index in [1.807, 2.05) is 48.5 Å². The van der Waals surface area contributed by atoms with Crippen molar-refractivity contribution in [2.24, 2.45) is 0 Å². The Morgan fingerprint density at radius 1 is 0.521 bits per heavy atom. The Morgan fingerprint density at radius 2 is 0.875 bits per heavy atom. The van der Waals surface area contributed by atoms with Crippen molar-refractivity contribution < 1.29 is 29.3 Å². The molecule has 7 rings (SSSR count). The topological polar surface area (TPSA) is 154 Å². The van der Waals surface area contributed by atoms with E-state index in [-0.39, 0.29) is 23.0 Å². The van der Waals surface area contributed by atoms with Crippen LogP contribution in [0.5, 0.6) is 23.0 Å². The highest BCUT2D eigenvalue weighted by Crippen LogP contribution is 2.28. The largest absolute Gasteiger partial charge is 0.505 e. The van der Waals surface area contributed by atoms with Gasteiger partial charge in [0.2, 0.25) is 0 Å². The minimum atomic E-state index is -0.634.